The number of aryl methyl sites for hydroxylation is 1. The highest BCUT2D eigenvalue weighted by atomic mass is 79.9. The quantitative estimate of drug-likeness (QED) is 0.937. The third-order valence-electron chi connectivity index (χ3n) is 3.16. The van der Waals surface area contributed by atoms with Crippen LogP contribution < -0.4 is 5.73 Å². The van der Waals surface area contributed by atoms with Gasteiger partial charge in [-0.3, -0.25) is 0 Å². The maximum absolute atomic E-state index is 6.01. The Morgan fingerprint density at radius 3 is 2.74 bits per heavy atom. The van der Waals surface area contributed by atoms with Crippen molar-refractivity contribution < 1.29 is 4.52 Å². The summed E-state index contributed by atoms with van der Waals surface area (Å²) in [6.07, 6.45) is 0.611. The molecule has 1 heterocycles. The molecule has 5 heteroatoms. The van der Waals surface area contributed by atoms with Crippen LogP contribution in [0.4, 0.5) is 0 Å². The topological polar surface area (TPSA) is 64.9 Å². The summed E-state index contributed by atoms with van der Waals surface area (Å²) in [4.78, 5) is 4.42. The van der Waals surface area contributed by atoms with Crippen LogP contribution in [0, 0.1) is 12.8 Å². The van der Waals surface area contributed by atoms with Crippen molar-refractivity contribution in [1.29, 1.82) is 0 Å². The summed E-state index contributed by atoms with van der Waals surface area (Å²) in [6.45, 7) is 6.19. The first-order valence-electron chi connectivity index (χ1n) is 6.32. The van der Waals surface area contributed by atoms with E-state index in [0.29, 0.717) is 24.1 Å². The van der Waals surface area contributed by atoms with Crippen LogP contribution in [-0.4, -0.2) is 16.2 Å². The molecule has 2 aromatic rings. The van der Waals surface area contributed by atoms with E-state index in [0.717, 1.165) is 15.6 Å². The summed E-state index contributed by atoms with van der Waals surface area (Å²) >= 11 is 3.44. The van der Waals surface area contributed by atoms with Crippen molar-refractivity contribution in [2.45, 2.75) is 33.2 Å². The van der Waals surface area contributed by atoms with Crippen LogP contribution in [0.2, 0.25) is 0 Å². The average molecular weight is 324 g/mol. The van der Waals surface area contributed by atoms with Gasteiger partial charge >= 0.3 is 0 Å². The molecule has 0 saturated heterocycles. The Labute approximate surface area is 121 Å². The largest absolute Gasteiger partial charge is 0.339 e. The fourth-order valence-corrected chi connectivity index (χ4v) is 2.24. The molecule has 2 N–H and O–H groups in total. The summed E-state index contributed by atoms with van der Waals surface area (Å²) in [6, 6.07) is 6.03. The van der Waals surface area contributed by atoms with Gasteiger partial charge in [-0.15, -0.1) is 0 Å². The lowest BCUT2D eigenvalue weighted by molar-refractivity contribution is 0.353. The number of halogens is 1. The van der Waals surface area contributed by atoms with E-state index in [2.05, 4.69) is 39.9 Å². The maximum atomic E-state index is 6.01. The van der Waals surface area contributed by atoms with Crippen LogP contribution in [0.1, 0.15) is 25.3 Å². The van der Waals surface area contributed by atoms with Gasteiger partial charge in [0.1, 0.15) is 0 Å². The number of nitrogens with zero attached hydrogens (tertiary/aromatic N) is 2. The Hall–Kier alpha value is -1.20. The third-order valence-corrected chi connectivity index (χ3v) is 3.66. The molecule has 19 heavy (non-hydrogen) atoms. The molecule has 0 spiro atoms. The van der Waals surface area contributed by atoms with Crippen LogP contribution >= 0.6 is 15.9 Å². The number of benzene rings is 1. The molecule has 0 amide bonds. The van der Waals surface area contributed by atoms with Gasteiger partial charge in [0, 0.05) is 22.5 Å². The fraction of sp³-hybridized carbons (Fsp3) is 0.429. The summed E-state index contributed by atoms with van der Waals surface area (Å²) < 4.78 is 6.31. The van der Waals surface area contributed by atoms with Gasteiger partial charge in [-0.05, 0) is 36.6 Å². The van der Waals surface area contributed by atoms with Crippen LogP contribution in [0.3, 0.4) is 0 Å². The molecule has 1 aromatic carbocycles. The molecule has 4 nitrogen and oxygen atoms in total. The Kier molecular flexibility index (Phi) is 4.37. The molecule has 1 atom stereocenters. The van der Waals surface area contributed by atoms with Gasteiger partial charge in [-0.1, -0.05) is 34.9 Å². The van der Waals surface area contributed by atoms with E-state index >= 15 is 0 Å². The number of aromatic nitrogens is 2. The van der Waals surface area contributed by atoms with Crippen LogP contribution in [0.25, 0.3) is 11.4 Å². The van der Waals surface area contributed by atoms with Gasteiger partial charge < -0.3 is 10.3 Å². The highest BCUT2D eigenvalue weighted by molar-refractivity contribution is 9.10. The maximum Gasteiger partial charge on any atom is 0.228 e. The highest BCUT2D eigenvalue weighted by Gasteiger charge is 2.15. The van der Waals surface area contributed by atoms with Crippen molar-refractivity contribution >= 4 is 15.9 Å². The van der Waals surface area contributed by atoms with Gasteiger partial charge in [0.2, 0.25) is 11.7 Å². The standard InChI is InChI=1S/C14H18BrN3O/c1-8(2)12(16)7-13-17-14(18-19-13)11-5-4-10(15)6-9(11)3/h4-6,8,12H,7,16H2,1-3H3. The zero-order valence-electron chi connectivity index (χ0n) is 11.4. The fourth-order valence-electron chi connectivity index (χ4n) is 1.76. The molecule has 0 fully saturated rings. The lowest BCUT2D eigenvalue weighted by Crippen LogP contribution is -2.28. The second kappa shape index (κ2) is 5.84. The number of hydrogen-bond acceptors (Lipinski definition) is 4. The minimum absolute atomic E-state index is 0.0410. The van der Waals surface area contributed by atoms with E-state index < -0.39 is 0 Å². The summed E-state index contributed by atoms with van der Waals surface area (Å²) in [5, 5.41) is 4.03. The molecule has 102 valence electrons. The monoisotopic (exact) mass is 323 g/mol. The summed E-state index contributed by atoms with van der Waals surface area (Å²) in [5.74, 6) is 1.61. The first kappa shape index (κ1) is 14.2. The molecule has 1 unspecified atom stereocenters. The predicted octanol–water partition coefficient (Wildman–Crippen LogP) is 3.33. The van der Waals surface area contributed by atoms with Gasteiger partial charge in [-0.2, -0.15) is 4.98 Å². The van der Waals surface area contributed by atoms with Gasteiger partial charge in [-0.25, -0.2) is 0 Å². The second-order valence-corrected chi connectivity index (χ2v) is 6.00. The molecule has 0 aliphatic heterocycles. The molecule has 2 rings (SSSR count). The molecule has 0 bridgehead atoms. The van der Waals surface area contributed by atoms with Crippen molar-refractivity contribution in [2.75, 3.05) is 0 Å². The van der Waals surface area contributed by atoms with E-state index in [-0.39, 0.29) is 6.04 Å². The van der Waals surface area contributed by atoms with E-state index in [4.69, 9.17) is 10.3 Å². The van der Waals surface area contributed by atoms with E-state index in [1.54, 1.807) is 0 Å². The Balaban J connectivity index is 2.21. The Morgan fingerprint density at radius 2 is 2.11 bits per heavy atom. The average Bonchev–Trinajstić information content (AvgIpc) is 2.77. The third kappa shape index (κ3) is 3.42. The molecular formula is C14H18BrN3O. The van der Waals surface area contributed by atoms with E-state index in [9.17, 15) is 0 Å². The van der Waals surface area contributed by atoms with Gasteiger partial charge in [0.05, 0.1) is 0 Å². The lowest BCUT2D eigenvalue weighted by atomic mass is 10.0. The Morgan fingerprint density at radius 1 is 1.37 bits per heavy atom. The zero-order valence-corrected chi connectivity index (χ0v) is 12.9. The first-order valence-corrected chi connectivity index (χ1v) is 7.11. The van der Waals surface area contributed by atoms with Crippen LogP contribution in [-0.2, 0) is 6.42 Å². The van der Waals surface area contributed by atoms with Crippen molar-refractivity contribution in [3.63, 3.8) is 0 Å². The van der Waals surface area contributed by atoms with Crippen LogP contribution in [0.5, 0.6) is 0 Å². The zero-order chi connectivity index (χ0) is 14.0. The summed E-state index contributed by atoms with van der Waals surface area (Å²) in [5.41, 5.74) is 8.10. The molecular weight excluding hydrogens is 306 g/mol. The first-order chi connectivity index (χ1) is 8.97. The number of nitrogens with two attached hydrogens (primary N) is 1. The van der Waals surface area contributed by atoms with Crippen LogP contribution in [0.15, 0.2) is 27.2 Å². The Bertz CT molecular complexity index is 566. The molecule has 1 aromatic heterocycles. The molecule has 0 saturated carbocycles. The minimum atomic E-state index is 0.0410. The lowest BCUT2D eigenvalue weighted by Gasteiger charge is -2.11. The van der Waals surface area contributed by atoms with Gasteiger partial charge in [0.25, 0.3) is 0 Å². The van der Waals surface area contributed by atoms with Crippen molar-refractivity contribution in [1.82, 2.24) is 10.1 Å². The number of hydrogen-bond donors (Lipinski definition) is 1. The van der Waals surface area contributed by atoms with Crippen molar-refractivity contribution in [3.8, 4) is 11.4 Å². The van der Waals surface area contributed by atoms with Crippen molar-refractivity contribution in [3.05, 3.63) is 34.1 Å². The minimum Gasteiger partial charge on any atom is -0.339 e. The normalized spacial score (nSPS) is 12.9. The molecule has 0 aliphatic carbocycles. The van der Waals surface area contributed by atoms with E-state index in [1.807, 2.05) is 25.1 Å². The SMILES string of the molecule is Cc1cc(Br)ccc1-c1noc(CC(N)C(C)C)n1. The molecule has 0 radical (unpaired) electrons. The smallest absolute Gasteiger partial charge is 0.228 e. The predicted molar refractivity (Wildman–Crippen MR) is 78.7 cm³/mol. The number of rotatable bonds is 4. The highest BCUT2D eigenvalue weighted by Crippen LogP contribution is 2.24. The second-order valence-electron chi connectivity index (χ2n) is 5.08. The van der Waals surface area contributed by atoms with Gasteiger partial charge in [0.15, 0.2) is 0 Å². The summed E-state index contributed by atoms with van der Waals surface area (Å²) in [7, 11) is 0. The molecule has 0 aliphatic rings. The van der Waals surface area contributed by atoms with E-state index in [1.165, 1.54) is 0 Å². The van der Waals surface area contributed by atoms with Crippen molar-refractivity contribution in [2.24, 2.45) is 11.7 Å².